The van der Waals surface area contributed by atoms with Gasteiger partial charge in [0.2, 0.25) is 0 Å². The number of likely N-dealkylation sites (tertiary alicyclic amines) is 1. The van der Waals surface area contributed by atoms with Gasteiger partial charge < -0.3 is 10.5 Å². The van der Waals surface area contributed by atoms with E-state index in [1.165, 1.54) is 25.8 Å². The second-order valence-electron chi connectivity index (χ2n) is 5.61. The minimum absolute atomic E-state index is 0.0969. The van der Waals surface area contributed by atoms with E-state index in [0.717, 1.165) is 36.4 Å². The van der Waals surface area contributed by atoms with Crippen LogP contribution in [0.4, 0.5) is 0 Å². The first-order valence-corrected chi connectivity index (χ1v) is 7.03. The number of hydrogen-bond acceptors (Lipinski definition) is 3. The van der Waals surface area contributed by atoms with Crippen molar-refractivity contribution in [3.8, 4) is 5.75 Å². The van der Waals surface area contributed by atoms with E-state index in [4.69, 9.17) is 15.9 Å². The second-order valence-corrected chi connectivity index (χ2v) is 5.61. The summed E-state index contributed by atoms with van der Waals surface area (Å²) < 4.78 is 5.76. The van der Waals surface area contributed by atoms with Gasteiger partial charge >= 0.3 is 0 Å². The number of hydrogen-bond donors (Lipinski definition) is 2. The zero-order valence-electron chi connectivity index (χ0n) is 11.1. The van der Waals surface area contributed by atoms with Gasteiger partial charge in [-0.2, -0.15) is 0 Å². The van der Waals surface area contributed by atoms with E-state index in [-0.39, 0.29) is 5.84 Å². The fraction of sp³-hybridized carbons (Fsp3) is 0.533. The van der Waals surface area contributed by atoms with Gasteiger partial charge in [0.25, 0.3) is 0 Å². The fourth-order valence-corrected chi connectivity index (χ4v) is 3.31. The number of nitrogens with two attached hydrogens (primary N) is 1. The quantitative estimate of drug-likeness (QED) is 0.626. The number of nitrogen functional groups attached to an aromatic ring is 1. The molecular weight excluding hydrogens is 238 g/mol. The zero-order valence-corrected chi connectivity index (χ0v) is 11.1. The first kappa shape index (κ1) is 12.5. The largest absolute Gasteiger partial charge is 0.492 e. The van der Waals surface area contributed by atoms with Gasteiger partial charge in [0.1, 0.15) is 18.2 Å². The highest BCUT2D eigenvalue weighted by Crippen LogP contribution is 2.36. The molecule has 1 aliphatic heterocycles. The summed E-state index contributed by atoms with van der Waals surface area (Å²) in [4.78, 5) is 2.57. The van der Waals surface area contributed by atoms with Gasteiger partial charge in [-0.3, -0.25) is 10.3 Å². The van der Waals surface area contributed by atoms with Gasteiger partial charge in [-0.15, -0.1) is 0 Å². The maximum Gasteiger partial charge on any atom is 0.122 e. The first-order chi connectivity index (χ1) is 9.22. The van der Waals surface area contributed by atoms with Gasteiger partial charge in [0, 0.05) is 24.7 Å². The third-order valence-corrected chi connectivity index (χ3v) is 4.34. The molecule has 2 fully saturated rings. The molecule has 2 bridgehead atoms. The van der Waals surface area contributed by atoms with Crippen molar-refractivity contribution in [1.29, 1.82) is 5.41 Å². The van der Waals surface area contributed by atoms with Crippen LogP contribution in [0.25, 0.3) is 0 Å². The van der Waals surface area contributed by atoms with Crippen LogP contribution in [-0.4, -0.2) is 36.5 Å². The molecule has 0 radical (unpaired) electrons. The Kier molecular flexibility index (Phi) is 3.42. The van der Waals surface area contributed by atoms with Gasteiger partial charge in [-0.1, -0.05) is 0 Å². The SMILES string of the molecule is N=C(N)c1ccc(OCCN2CC3CCC2C3)cc1. The number of rotatable bonds is 5. The summed E-state index contributed by atoms with van der Waals surface area (Å²) >= 11 is 0. The van der Waals surface area contributed by atoms with Crippen LogP contribution in [0.15, 0.2) is 24.3 Å². The number of fused-ring (bicyclic) bond motifs is 2. The van der Waals surface area contributed by atoms with E-state index in [1.54, 1.807) is 0 Å². The number of ether oxygens (including phenoxy) is 1. The van der Waals surface area contributed by atoms with Crippen molar-refractivity contribution < 1.29 is 4.74 Å². The molecular formula is C15H21N3O. The molecule has 1 saturated carbocycles. The van der Waals surface area contributed by atoms with Crippen molar-refractivity contribution in [2.45, 2.75) is 25.3 Å². The summed E-state index contributed by atoms with van der Waals surface area (Å²) in [6, 6.07) is 8.23. The van der Waals surface area contributed by atoms with Crippen LogP contribution in [0.3, 0.4) is 0 Å². The average Bonchev–Trinajstić information content (AvgIpc) is 3.02. The van der Waals surface area contributed by atoms with Crippen molar-refractivity contribution in [3.63, 3.8) is 0 Å². The standard InChI is InChI=1S/C15H21N3O/c16-15(17)12-2-5-14(6-3-12)19-8-7-18-10-11-1-4-13(18)9-11/h2-3,5-6,11,13H,1,4,7-10H2,(H3,16,17). The van der Waals surface area contributed by atoms with Crippen LogP contribution in [0.5, 0.6) is 5.75 Å². The summed E-state index contributed by atoms with van der Waals surface area (Å²) in [7, 11) is 0. The molecule has 1 aromatic carbocycles. The Morgan fingerprint density at radius 2 is 2.11 bits per heavy atom. The molecule has 3 rings (SSSR count). The number of piperidine rings is 1. The Labute approximate surface area is 114 Å². The van der Waals surface area contributed by atoms with Crippen LogP contribution >= 0.6 is 0 Å². The second kappa shape index (κ2) is 5.21. The summed E-state index contributed by atoms with van der Waals surface area (Å²) in [6.07, 6.45) is 4.19. The Morgan fingerprint density at radius 3 is 2.68 bits per heavy atom. The number of nitrogens with one attached hydrogen (secondary N) is 1. The molecule has 2 atom stereocenters. The van der Waals surface area contributed by atoms with E-state index in [1.807, 2.05) is 24.3 Å². The van der Waals surface area contributed by atoms with Crippen molar-refractivity contribution in [3.05, 3.63) is 29.8 Å². The molecule has 1 aliphatic carbocycles. The van der Waals surface area contributed by atoms with E-state index < -0.39 is 0 Å². The number of benzene rings is 1. The molecule has 0 aromatic heterocycles. The smallest absolute Gasteiger partial charge is 0.122 e. The highest BCUT2D eigenvalue weighted by Gasteiger charge is 2.37. The van der Waals surface area contributed by atoms with Gasteiger partial charge in [0.05, 0.1) is 0 Å². The molecule has 1 heterocycles. The maximum atomic E-state index is 7.33. The zero-order chi connectivity index (χ0) is 13.2. The Morgan fingerprint density at radius 1 is 1.32 bits per heavy atom. The molecule has 0 spiro atoms. The predicted octanol–water partition coefficient (Wildman–Crippen LogP) is 1.83. The molecule has 19 heavy (non-hydrogen) atoms. The highest BCUT2D eigenvalue weighted by atomic mass is 16.5. The van der Waals surface area contributed by atoms with Crippen LogP contribution in [0.2, 0.25) is 0 Å². The molecule has 0 amide bonds. The Balaban J connectivity index is 1.46. The highest BCUT2D eigenvalue weighted by molar-refractivity contribution is 5.94. The third kappa shape index (κ3) is 2.73. The van der Waals surface area contributed by atoms with Crippen LogP contribution in [-0.2, 0) is 0 Å². The lowest BCUT2D eigenvalue weighted by atomic mass is 10.1. The molecule has 2 unspecified atom stereocenters. The van der Waals surface area contributed by atoms with E-state index in [9.17, 15) is 0 Å². The fourth-order valence-electron chi connectivity index (χ4n) is 3.31. The topological polar surface area (TPSA) is 62.3 Å². The summed E-state index contributed by atoms with van der Waals surface area (Å²) in [5.74, 6) is 1.90. The molecule has 4 nitrogen and oxygen atoms in total. The molecule has 2 aliphatic rings. The van der Waals surface area contributed by atoms with Crippen LogP contribution < -0.4 is 10.5 Å². The van der Waals surface area contributed by atoms with Crippen molar-refractivity contribution >= 4 is 5.84 Å². The molecule has 1 saturated heterocycles. The van der Waals surface area contributed by atoms with Gasteiger partial charge in [-0.25, -0.2) is 0 Å². The van der Waals surface area contributed by atoms with Crippen molar-refractivity contribution in [1.82, 2.24) is 4.90 Å². The minimum Gasteiger partial charge on any atom is -0.492 e. The van der Waals surface area contributed by atoms with Gasteiger partial charge in [-0.05, 0) is 49.4 Å². The van der Waals surface area contributed by atoms with Crippen LogP contribution in [0, 0.1) is 11.3 Å². The molecule has 4 heteroatoms. The predicted molar refractivity (Wildman–Crippen MR) is 75.7 cm³/mol. The lowest BCUT2D eigenvalue weighted by Gasteiger charge is -2.26. The van der Waals surface area contributed by atoms with E-state index >= 15 is 0 Å². The molecule has 102 valence electrons. The minimum atomic E-state index is 0.0969. The Hall–Kier alpha value is -1.55. The van der Waals surface area contributed by atoms with Crippen molar-refractivity contribution in [2.24, 2.45) is 11.7 Å². The summed E-state index contributed by atoms with van der Waals surface area (Å²) in [5.41, 5.74) is 6.16. The van der Waals surface area contributed by atoms with Crippen molar-refractivity contribution in [2.75, 3.05) is 19.7 Å². The lowest BCUT2D eigenvalue weighted by molar-refractivity contribution is 0.172. The van der Waals surface area contributed by atoms with Crippen LogP contribution in [0.1, 0.15) is 24.8 Å². The third-order valence-electron chi connectivity index (χ3n) is 4.34. The lowest BCUT2D eigenvalue weighted by Crippen LogP contribution is -2.35. The van der Waals surface area contributed by atoms with Gasteiger partial charge in [0.15, 0.2) is 0 Å². The molecule has 1 aromatic rings. The average molecular weight is 259 g/mol. The number of nitrogens with zero attached hydrogens (tertiary/aromatic N) is 1. The number of amidine groups is 1. The van der Waals surface area contributed by atoms with E-state index in [0.29, 0.717) is 0 Å². The Bertz CT molecular complexity index is 457. The maximum absolute atomic E-state index is 7.33. The first-order valence-electron chi connectivity index (χ1n) is 7.03. The summed E-state index contributed by atoms with van der Waals surface area (Å²) in [5, 5.41) is 7.33. The normalized spacial score (nSPS) is 25.7. The van der Waals surface area contributed by atoms with E-state index in [2.05, 4.69) is 4.90 Å². The molecule has 3 N–H and O–H groups in total. The monoisotopic (exact) mass is 259 g/mol. The summed E-state index contributed by atoms with van der Waals surface area (Å²) in [6.45, 7) is 3.02.